The fraction of sp³-hybridized carbons (Fsp3) is 0.593. The molecule has 0 aliphatic heterocycles. The molecule has 2 unspecified atom stereocenters. The molecular formula is C27H39N3O4S. The molecule has 0 heterocycles. The average molecular weight is 502 g/mol. The van der Waals surface area contributed by atoms with Crippen LogP contribution in [0, 0.1) is 12.3 Å². The molecule has 1 aromatic rings. The lowest BCUT2D eigenvalue weighted by Crippen LogP contribution is -2.54. The molecule has 2 rings (SSSR count). The Morgan fingerprint density at radius 2 is 1.86 bits per heavy atom. The molecule has 1 aliphatic carbocycles. The van der Waals surface area contributed by atoms with Crippen molar-refractivity contribution in [2.75, 3.05) is 12.3 Å². The van der Waals surface area contributed by atoms with Crippen molar-refractivity contribution in [2.45, 2.75) is 89.9 Å². The van der Waals surface area contributed by atoms with Crippen LogP contribution in [0.2, 0.25) is 0 Å². The Labute approximate surface area is 215 Å². The Bertz CT molecular complexity index is 916. The zero-order valence-corrected chi connectivity index (χ0v) is 22.2. The molecule has 0 aromatic heterocycles. The molecule has 2 atom stereocenters. The van der Waals surface area contributed by atoms with Crippen molar-refractivity contribution in [3.8, 4) is 12.3 Å². The number of nitrogens with one attached hydrogen (secondary N) is 2. The molecule has 192 valence electrons. The van der Waals surface area contributed by atoms with Gasteiger partial charge in [-0.05, 0) is 51.7 Å². The van der Waals surface area contributed by atoms with Crippen molar-refractivity contribution in [1.29, 1.82) is 0 Å². The smallest absolute Gasteiger partial charge is 0.408 e. The number of carbonyl (C=O) groups excluding carboxylic acids is 3. The third-order valence-corrected chi connectivity index (χ3v) is 6.21. The largest absolute Gasteiger partial charge is 0.444 e. The van der Waals surface area contributed by atoms with E-state index in [9.17, 15) is 14.4 Å². The summed E-state index contributed by atoms with van der Waals surface area (Å²) in [5.74, 6) is 2.02. The summed E-state index contributed by atoms with van der Waals surface area (Å²) < 4.78 is 5.33. The second kappa shape index (κ2) is 13.4. The zero-order valence-electron chi connectivity index (χ0n) is 21.3. The van der Waals surface area contributed by atoms with Crippen LogP contribution in [-0.2, 0) is 14.3 Å². The van der Waals surface area contributed by atoms with Crippen molar-refractivity contribution < 1.29 is 19.1 Å². The summed E-state index contributed by atoms with van der Waals surface area (Å²) in [5.41, 5.74) is 0.416. The highest BCUT2D eigenvalue weighted by Gasteiger charge is 2.37. The number of benzene rings is 1. The summed E-state index contributed by atoms with van der Waals surface area (Å²) in [6, 6.07) is 5.33. The maximum atomic E-state index is 13.8. The van der Waals surface area contributed by atoms with Gasteiger partial charge < -0.3 is 20.3 Å². The predicted octanol–water partition coefficient (Wildman–Crippen LogP) is 4.22. The molecular weight excluding hydrogens is 462 g/mol. The number of hydrogen-bond donors (Lipinski definition) is 3. The van der Waals surface area contributed by atoms with Crippen LogP contribution in [0.25, 0.3) is 0 Å². The van der Waals surface area contributed by atoms with Gasteiger partial charge in [0.05, 0.1) is 0 Å². The standard InChI is InChI=1S/C27H39N3O4S/c1-6-17-30(25(32)22(18-35)29-26(33)34-27(3,4)5)23(21-16-12-11-13-19(21)7-2)24(31)28-20-14-9-8-10-15-20/h2,11-13,16,20,22-23,35H,6,8-10,14-15,17-18H2,1,3-5H3,(H,28,31)(H,29,33). The fourth-order valence-corrected chi connectivity index (χ4v) is 4.53. The third kappa shape index (κ3) is 8.50. The zero-order chi connectivity index (χ0) is 26.0. The van der Waals surface area contributed by atoms with Gasteiger partial charge in [-0.25, -0.2) is 4.79 Å². The molecule has 1 fully saturated rings. The Hall–Kier alpha value is -2.66. The number of nitrogens with zero attached hydrogens (tertiary/aromatic N) is 1. The van der Waals surface area contributed by atoms with Gasteiger partial charge in [0.15, 0.2) is 0 Å². The minimum atomic E-state index is -0.970. The number of alkyl carbamates (subject to hydrolysis) is 1. The highest BCUT2D eigenvalue weighted by molar-refractivity contribution is 7.80. The number of hydrogen-bond acceptors (Lipinski definition) is 5. The molecule has 8 heteroatoms. The Morgan fingerprint density at radius 1 is 1.20 bits per heavy atom. The first-order chi connectivity index (χ1) is 16.6. The lowest BCUT2D eigenvalue weighted by Gasteiger charge is -2.35. The first-order valence-corrected chi connectivity index (χ1v) is 13.0. The van der Waals surface area contributed by atoms with Crippen molar-refractivity contribution in [2.24, 2.45) is 0 Å². The van der Waals surface area contributed by atoms with Gasteiger partial charge in [-0.3, -0.25) is 9.59 Å². The van der Waals surface area contributed by atoms with Gasteiger partial charge in [0.25, 0.3) is 0 Å². The maximum Gasteiger partial charge on any atom is 0.408 e. The Balaban J connectivity index is 2.41. The van der Waals surface area contributed by atoms with Crippen LogP contribution in [0.5, 0.6) is 0 Å². The molecule has 1 saturated carbocycles. The summed E-state index contributed by atoms with van der Waals surface area (Å²) in [5, 5.41) is 5.78. The molecule has 3 amide bonds. The summed E-state index contributed by atoms with van der Waals surface area (Å²) in [7, 11) is 0. The van der Waals surface area contributed by atoms with Crippen LogP contribution in [0.3, 0.4) is 0 Å². The molecule has 7 nitrogen and oxygen atoms in total. The minimum absolute atomic E-state index is 0.0477. The van der Waals surface area contributed by atoms with E-state index < -0.39 is 29.7 Å². The quantitative estimate of drug-likeness (QED) is 0.349. The van der Waals surface area contributed by atoms with Gasteiger partial charge >= 0.3 is 6.09 Å². The molecule has 1 aliphatic rings. The van der Waals surface area contributed by atoms with Gasteiger partial charge in [-0.1, -0.05) is 50.3 Å². The van der Waals surface area contributed by atoms with Crippen LogP contribution in [-0.4, -0.2) is 52.8 Å². The first kappa shape index (κ1) is 28.6. The number of ether oxygens (including phenoxy) is 1. The van der Waals surface area contributed by atoms with Crippen LogP contribution in [0.15, 0.2) is 24.3 Å². The number of thiol groups is 1. The van der Waals surface area contributed by atoms with Crippen molar-refractivity contribution in [3.05, 3.63) is 35.4 Å². The van der Waals surface area contributed by atoms with Crippen LogP contribution < -0.4 is 10.6 Å². The maximum absolute atomic E-state index is 13.8. The van der Waals surface area contributed by atoms with E-state index in [1.807, 2.05) is 6.92 Å². The summed E-state index contributed by atoms with van der Waals surface area (Å²) >= 11 is 4.31. The van der Waals surface area contributed by atoms with Crippen molar-refractivity contribution in [3.63, 3.8) is 0 Å². The second-order valence-electron chi connectivity index (χ2n) is 9.89. The lowest BCUT2D eigenvalue weighted by molar-refractivity contribution is -0.142. The summed E-state index contributed by atoms with van der Waals surface area (Å²) in [6.45, 7) is 7.48. The fourth-order valence-electron chi connectivity index (χ4n) is 4.29. The van der Waals surface area contributed by atoms with Gasteiger partial charge in [-0.15, -0.1) is 6.42 Å². The van der Waals surface area contributed by atoms with Gasteiger partial charge in [-0.2, -0.15) is 12.6 Å². The first-order valence-electron chi connectivity index (χ1n) is 12.4. The van der Waals surface area contributed by atoms with Crippen LogP contribution in [0.1, 0.15) is 83.4 Å². The number of amides is 3. The van der Waals surface area contributed by atoms with Crippen LogP contribution in [0.4, 0.5) is 4.79 Å². The third-order valence-electron chi connectivity index (χ3n) is 5.84. The number of rotatable bonds is 9. The van der Waals surface area contributed by atoms with Crippen LogP contribution >= 0.6 is 12.6 Å². The van der Waals surface area contributed by atoms with Gasteiger partial charge in [0, 0.05) is 23.9 Å². The Morgan fingerprint density at radius 3 is 2.43 bits per heavy atom. The van der Waals surface area contributed by atoms with Crippen molar-refractivity contribution >= 4 is 30.5 Å². The summed E-state index contributed by atoms with van der Waals surface area (Å²) in [4.78, 5) is 41.4. The summed E-state index contributed by atoms with van der Waals surface area (Å²) in [6.07, 6.45) is 10.8. The van der Waals surface area contributed by atoms with E-state index >= 15 is 0 Å². The van der Waals surface area contributed by atoms with Crippen molar-refractivity contribution in [1.82, 2.24) is 15.5 Å². The van der Waals surface area contributed by atoms with E-state index in [0.717, 1.165) is 32.1 Å². The second-order valence-corrected chi connectivity index (χ2v) is 10.3. The highest BCUT2D eigenvalue weighted by atomic mass is 32.1. The molecule has 35 heavy (non-hydrogen) atoms. The van der Waals surface area contributed by atoms with Gasteiger partial charge in [0.1, 0.15) is 17.7 Å². The lowest BCUT2D eigenvalue weighted by atomic mass is 9.93. The molecule has 0 saturated heterocycles. The molecule has 0 bridgehead atoms. The topological polar surface area (TPSA) is 87.7 Å². The van der Waals surface area contributed by atoms with E-state index in [0.29, 0.717) is 24.1 Å². The minimum Gasteiger partial charge on any atom is -0.444 e. The molecule has 0 radical (unpaired) electrons. The van der Waals surface area contributed by atoms with E-state index in [-0.39, 0.29) is 17.7 Å². The van der Waals surface area contributed by atoms with E-state index in [1.165, 1.54) is 4.90 Å². The van der Waals surface area contributed by atoms with E-state index in [1.54, 1.807) is 45.0 Å². The Kier molecular flexibility index (Phi) is 11.0. The SMILES string of the molecule is C#Cc1ccccc1C(C(=O)NC1CCCCC1)N(CCC)C(=O)C(CS)NC(=O)OC(C)(C)C. The average Bonchev–Trinajstić information content (AvgIpc) is 2.81. The molecule has 0 spiro atoms. The molecule has 1 aromatic carbocycles. The van der Waals surface area contributed by atoms with E-state index in [2.05, 4.69) is 29.2 Å². The van der Waals surface area contributed by atoms with E-state index in [4.69, 9.17) is 11.2 Å². The number of terminal acetylenes is 1. The monoisotopic (exact) mass is 501 g/mol. The normalized spacial score (nSPS) is 15.9. The van der Waals surface area contributed by atoms with Gasteiger partial charge in [0.2, 0.25) is 11.8 Å². The number of carbonyl (C=O) groups is 3. The molecule has 2 N–H and O–H groups in total. The predicted molar refractivity (Wildman–Crippen MR) is 141 cm³/mol. The highest BCUT2D eigenvalue weighted by Crippen LogP contribution is 2.27.